The number of hydrogen-bond donors (Lipinski definition) is 0. The van der Waals surface area contributed by atoms with E-state index in [-0.39, 0.29) is 11.9 Å². The summed E-state index contributed by atoms with van der Waals surface area (Å²) >= 11 is 0. The number of hydrogen-bond acceptors (Lipinski definition) is 4. The number of anilines is 1. The van der Waals surface area contributed by atoms with Crippen LogP contribution in [0.4, 0.5) is 5.82 Å². The summed E-state index contributed by atoms with van der Waals surface area (Å²) in [6.07, 6.45) is 8.03. The summed E-state index contributed by atoms with van der Waals surface area (Å²) in [5.74, 6) is 1.32. The zero-order valence-corrected chi connectivity index (χ0v) is 15.0. The Morgan fingerprint density at radius 1 is 1.17 bits per heavy atom. The third-order valence-electron chi connectivity index (χ3n) is 5.66. The van der Waals surface area contributed by atoms with Gasteiger partial charge < -0.3 is 9.80 Å². The normalized spacial score (nSPS) is 21.5. The lowest BCUT2D eigenvalue weighted by molar-refractivity contribution is -0.138. The van der Waals surface area contributed by atoms with Gasteiger partial charge in [0.15, 0.2) is 0 Å². The van der Waals surface area contributed by atoms with Crippen LogP contribution in [-0.2, 0) is 4.79 Å². The third-order valence-corrected chi connectivity index (χ3v) is 5.66. The molecule has 132 valence electrons. The van der Waals surface area contributed by atoms with Gasteiger partial charge in [0.1, 0.15) is 5.82 Å². The van der Waals surface area contributed by atoms with E-state index in [9.17, 15) is 4.79 Å². The Morgan fingerprint density at radius 3 is 2.50 bits per heavy atom. The third kappa shape index (κ3) is 3.89. The highest BCUT2D eigenvalue weighted by molar-refractivity contribution is 5.81. The Balaban J connectivity index is 1.52. The molecule has 5 heteroatoms. The van der Waals surface area contributed by atoms with Crippen molar-refractivity contribution in [2.45, 2.75) is 51.1 Å². The van der Waals surface area contributed by atoms with Crippen LogP contribution in [0.15, 0.2) is 24.4 Å². The summed E-state index contributed by atoms with van der Waals surface area (Å²) < 4.78 is 0. The standard InChI is InChI=1S/C19H30N4O/c1-16(19(24)21(2)17-8-4-3-5-9-17)22-12-14-23(15-13-22)18-10-6-7-11-20-18/h6-7,10-11,16-17H,3-5,8-9,12-15H2,1-2H3. The van der Waals surface area contributed by atoms with Crippen molar-refractivity contribution in [2.75, 3.05) is 38.1 Å². The molecule has 1 aromatic rings. The molecule has 1 aliphatic carbocycles. The number of aromatic nitrogens is 1. The maximum absolute atomic E-state index is 12.9. The molecule has 2 heterocycles. The van der Waals surface area contributed by atoms with E-state index in [1.54, 1.807) is 0 Å². The molecular formula is C19H30N4O. The van der Waals surface area contributed by atoms with Crippen LogP contribution in [0.1, 0.15) is 39.0 Å². The molecule has 1 amide bonds. The van der Waals surface area contributed by atoms with Gasteiger partial charge in [-0.2, -0.15) is 0 Å². The van der Waals surface area contributed by atoms with Gasteiger partial charge in [-0.25, -0.2) is 4.98 Å². The zero-order valence-electron chi connectivity index (χ0n) is 15.0. The van der Waals surface area contributed by atoms with Gasteiger partial charge in [-0.1, -0.05) is 25.3 Å². The number of likely N-dealkylation sites (N-methyl/N-ethyl adjacent to an activating group) is 1. The number of nitrogens with zero attached hydrogens (tertiary/aromatic N) is 4. The molecule has 1 aromatic heterocycles. The average Bonchev–Trinajstić information content (AvgIpc) is 2.68. The molecule has 3 rings (SSSR count). The zero-order chi connectivity index (χ0) is 16.9. The van der Waals surface area contributed by atoms with E-state index < -0.39 is 0 Å². The van der Waals surface area contributed by atoms with Crippen molar-refractivity contribution >= 4 is 11.7 Å². The molecule has 0 aromatic carbocycles. The fourth-order valence-corrected chi connectivity index (χ4v) is 3.98. The van der Waals surface area contributed by atoms with Crippen LogP contribution in [0.5, 0.6) is 0 Å². The second-order valence-electron chi connectivity index (χ2n) is 7.13. The maximum Gasteiger partial charge on any atom is 0.239 e. The SMILES string of the molecule is CC(C(=O)N(C)C1CCCCC1)N1CCN(c2ccccn2)CC1. The predicted molar refractivity (Wildman–Crippen MR) is 97.1 cm³/mol. The molecule has 0 spiro atoms. The Hall–Kier alpha value is -1.62. The summed E-state index contributed by atoms with van der Waals surface area (Å²) in [6.45, 7) is 5.77. The van der Waals surface area contributed by atoms with Crippen LogP contribution >= 0.6 is 0 Å². The molecule has 2 fully saturated rings. The second-order valence-corrected chi connectivity index (χ2v) is 7.13. The van der Waals surface area contributed by atoms with Crippen LogP contribution in [0.25, 0.3) is 0 Å². The van der Waals surface area contributed by atoms with Gasteiger partial charge in [0, 0.05) is 45.5 Å². The summed E-state index contributed by atoms with van der Waals surface area (Å²) in [7, 11) is 2.00. The van der Waals surface area contributed by atoms with Crippen LogP contribution in [-0.4, -0.2) is 66.0 Å². The molecule has 0 N–H and O–H groups in total. The van der Waals surface area contributed by atoms with Gasteiger partial charge in [0.25, 0.3) is 0 Å². The highest BCUT2D eigenvalue weighted by Gasteiger charge is 2.30. The summed E-state index contributed by atoms with van der Waals surface area (Å²) in [6, 6.07) is 6.45. The number of rotatable bonds is 4. The van der Waals surface area contributed by atoms with E-state index in [0.29, 0.717) is 6.04 Å². The van der Waals surface area contributed by atoms with Crippen molar-refractivity contribution in [3.63, 3.8) is 0 Å². The Labute approximate surface area is 145 Å². The monoisotopic (exact) mass is 330 g/mol. The van der Waals surface area contributed by atoms with Crippen LogP contribution in [0.3, 0.4) is 0 Å². The van der Waals surface area contributed by atoms with Crippen LogP contribution < -0.4 is 4.90 Å². The molecular weight excluding hydrogens is 300 g/mol. The number of pyridine rings is 1. The average molecular weight is 330 g/mol. The number of piperazine rings is 1. The molecule has 1 saturated carbocycles. The van der Waals surface area contributed by atoms with Gasteiger partial charge in [-0.3, -0.25) is 9.69 Å². The molecule has 1 saturated heterocycles. The molecule has 1 atom stereocenters. The number of carbonyl (C=O) groups is 1. The first-order chi connectivity index (χ1) is 11.7. The lowest BCUT2D eigenvalue weighted by atomic mass is 9.94. The first kappa shape index (κ1) is 17.2. The van der Waals surface area contributed by atoms with E-state index in [1.165, 1.54) is 32.1 Å². The highest BCUT2D eigenvalue weighted by Crippen LogP contribution is 2.23. The van der Waals surface area contributed by atoms with Crippen molar-refractivity contribution in [3.05, 3.63) is 24.4 Å². The minimum Gasteiger partial charge on any atom is -0.354 e. The van der Waals surface area contributed by atoms with E-state index in [4.69, 9.17) is 0 Å². The van der Waals surface area contributed by atoms with Gasteiger partial charge >= 0.3 is 0 Å². The van der Waals surface area contributed by atoms with E-state index in [2.05, 4.69) is 27.8 Å². The van der Waals surface area contributed by atoms with Crippen molar-refractivity contribution in [2.24, 2.45) is 0 Å². The number of carbonyl (C=O) groups excluding carboxylic acids is 1. The first-order valence-corrected chi connectivity index (χ1v) is 9.33. The predicted octanol–water partition coefficient (Wildman–Crippen LogP) is 2.38. The Morgan fingerprint density at radius 2 is 1.88 bits per heavy atom. The van der Waals surface area contributed by atoms with Gasteiger partial charge in [-0.05, 0) is 31.9 Å². The molecule has 5 nitrogen and oxygen atoms in total. The molecule has 1 aliphatic heterocycles. The Bertz CT molecular complexity index is 521. The van der Waals surface area contributed by atoms with Gasteiger partial charge in [-0.15, -0.1) is 0 Å². The van der Waals surface area contributed by atoms with E-state index in [1.807, 2.05) is 30.3 Å². The lowest BCUT2D eigenvalue weighted by Gasteiger charge is -2.40. The molecule has 0 bridgehead atoms. The maximum atomic E-state index is 12.9. The van der Waals surface area contributed by atoms with Crippen molar-refractivity contribution in [1.82, 2.24) is 14.8 Å². The van der Waals surface area contributed by atoms with Crippen LogP contribution in [0.2, 0.25) is 0 Å². The summed E-state index contributed by atoms with van der Waals surface area (Å²) in [5.41, 5.74) is 0. The topological polar surface area (TPSA) is 39.7 Å². The summed E-state index contributed by atoms with van der Waals surface area (Å²) in [4.78, 5) is 23.9. The minimum absolute atomic E-state index is 0.0252. The molecule has 2 aliphatic rings. The lowest BCUT2D eigenvalue weighted by Crippen LogP contribution is -2.55. The number of amides is 1. The second kappa shape index (κ2) is 7.97. The van der Waals surface area contributed by atoms with E-state index >= 15 is 0 Å². The quantitative estimate of drug-likeness (QED) is 0.850. The molecule has 0 radical (unpaired) electrons. The molecule has 24 heavy (non-hydrogen) atoms. The van der Waals surface area contributed by atoms with Crippen molar-refractivity contribution in [3.8, 4) is 0 Å². The van der Waals surface area contributed by atoms with Crippen molar-refractivity contribution < 1.29 is 4.79 Å². The highest BCUT2D eigenvalue weighted by atomic mass is 16.2. The fraction of sp³-hybridized carbons (Fsp3) is 0.684. The smallest absolute Gasteiger partial charge is 0.239 e. The van der Waals surface area contributed by atoms with Crippen LogP contribution in [0, 0.1) is 0 Å². The Kier molecular flexibility index (Phi) is 5.72. The van der Waals surface area contributed by atoms with Gasteiger partial charge in [0.2, 0.25) is 5.91 Å². The fourth-order valence-electron chi connectivity index (χ4n) is 3.98. The van der Waals surface area contributed by atoms with Gasteiger partial charge in [0.05, 0.1) is 6.04 Å². The van der Waals surface area contributed by atoms with E-state index in [0.717, 1.165) is 32.0 Å². The molecule has 1 unspecified atom stereocenters. The summed E-state index contributed by atoms with van der Waals surface area (Å²) in [5, 5.41) is 0. The van der Waals surface area contributed by atoms with Crippen molar-refractivity contribution in [1.29, 1.82) is 0 Å². The largest absolute Gasteiger partial charge is 0.354 e. The first-order valence-electron chi connectivity index (χ1n) is 9.33. The minimum atomic E-state index is -0.0252.